The second-order valence-electron chi connectivity index (χ2n) is 8.10. The van der Waals surface area contributed by atoms with Crippen LogP contribution < -0.4 is 15.2 Å². The van der Waals surface area contributed by atoms with Gasteiger partial charge in [0, 0.05) is 12.3 Å². The van der Waals surface area contributed by atoms with Gasteiger partial charge < -0.3 is 29.2 Å². The molecule has 0 radical (unpaired) electrons. The second-order valence-corrected chi connectivity index (χ2v) is 9.79. The molecule has 0 saturated carbocycles. The van der Waals surface area contributed by atoms with Gasteiger partial charge in [-0.3, -0.25) is 14.1 Å². The Bertz CT molecular complexity index is 1060. The van der Waals surface area contributed by atoms with Crippen LogP contribution in [0.4, 0.5) is 0 Å². The number of carbonyl (C=O) groups is 1. The van der Waals surface area contributed by atoms with Crippen molar-refractivity contribution in [2.24, 2.45) is 0 Å². The molecule has 1 fully saturated rings. The van der Waals surface area contributed by atoms with Crippen LogP contribution in [0.2, 0.25) is 0 Å². The number of aromatic nitrogens is 1. The number of rotatable bonds is 10. The van der Waals surface area contributed by atoms with E-state index in [2.05, 4.69) is 10.1 Å². The highest BCUT2D eigenvalue weighted by atomic mass is 31.2. The standard InChI is InChI=1S/C22H29N2O9P/c1-13(2)31-22(28)14(3)24-34(29,33-16-7-5-4-6-8-16)30-12-17-19(26)20(27)21(32-17)15-9-10-23-18(25)11-15/h4-11,13-14,17,19-21,26-27H,12H2,1-3H3,(H,23,25)(H,24,29)/t14-,17+,19+,20+,21-,34-/m0/s1. The third-order valence-electron chi connectivity index (χ3n) is 4.92. The summed E-state index contributed by atoms with van der Waals surface area (Å²) in [6, 6.07) is 9.94. The van der Waals surface area contributed by atoms with Crippen LogP contribution in [-0.4, -0.2) is 58.2 Å². The van der Waals surface area contributed by atoms with E-state index in [9.17, 15) is 24.4 Å². The predicted octanol–water partition coefficient (Wildman–Crippen LogP) is 1.67. The summed E-state index contributed by atoms with van der Waals surface area (Å²) < 4.78 is 35.4. The molecule has 2 aromatic rings. The van der Waals surface area contributed by atoms with Gasteiger partial charge in [0.2, 0.25) is 5.56 Å². The first-order valence-corrected chi connectivity index (χ1v) is 12.3. The molecule has 1 saturated heterocycles. The Kier molecular flexibility index (Phi) is 8.64. The number of ether oxygens (including phenoxy) is 2. The average molecular weight is 496 g/mol. The van der Waals surface area contributed by atoms with Gasteiger partial charge >= 0.3 is 13.7 Å². The first kappa shape index (κ1) is 26.1. The molecule has 1 aromatic carbocycles. The van der Waals surface area contributed by atoms with Gasteiger partial charge in [-0.2, -0.15) is 5.09 Å². The van der Waals surface area contributed by atoms with Crippen molar-refractivity contribution in [1.29, 1.82) is 0 Å². The molecule has 1 aliphatic rings. The summed E-state index contributed by atoms with van der Waals surface area (Å²) in [5.74, 6) is -0.436. The minimum Gasteiger partial charge on any atom is -0.462 e. The van der Waals surface area contributed by atoms with Crippen LogP contribution in [0.25, 0.3) is 0 Å². The molecule has 4 N–H and O–H groups in total. The topological polar surface area (TPSA) is 156 Å². The number of aliphatic hydroxyl groups is 2. The fraction of sp³-hybridized carbons (Fsp3) is 0.455. The van der Waals surface area contributed by atoms with E-state index in [1.165, 1.54) is 25.3 Å². The molecule has 12 heteroatoms. The molecule has 1 aromatic heterocycles. The smallest absolute Gasteiger partial charge is 0.459 e. The lowest BCUT2D eigenvalue weighted by atomic mass is 10.0. The fourth-order valence-electron chi connectivity index (χ4n) is 3.31. The first-order valence-electron chi connectivity index (χ1n) is 10.8. The highest BCUT2D eigenvalue weighted by Crippen LogP contribution is 2.46. The average Bonchev–Trinajstić information content (AvgIpc) is 3.06. The van der Waals surface area contributed by atoms with E-state index in [0.717, 1.165) is 0 Å². The minimum atomic E-state index is -4.17. The number of carbonyl (C=O) groups excluding carboxylic acids is 1. The van der Waals surface area contributed by atoms with Crippen LogP contribution in [0, 0.1) is 0 Å². The number of benzene rings is 1. The SMILES string of the molecule is CC(C)OC(=O)[C@H](C)N[P@](=O)(OC[C@H]1O[C@@H](c2cc[nH]c(=O)c2)[C@H](O)[C@@H]1O)Oc1ccccc1. The van der Waals surface area contributed by atoms with Crippen LogP contribution in [0.5, 0.6) is 5.75 Å². The van der Waals surface area contributed by atoms with Crippen LogP contribution in [0.3, 0.4) is 0 Å². The van der Waals surface area contributed by atoms with Gasteiger partial charge in [0.15, 0.2) is 0 Å². The molecule has 186 valence electrons. The number of esters is 1. The van der Waals surface area contributed by atoms with E-state index in [1.54, 1.807) is 44.2 Å². The van der Waals surface area contributed by atoms with E-state index >= 15 is 0 Å². The van der Waals surface area contributed by atoms with Gasteiger partial charge in [-0.15, -0.1) is 0 Å². The molecule has 2 heterocycles. The van der Waals surface area contributed by atoms with Crippen molar-refractivity contribution in [3.8, 4) is 5.75 Å². The van der Waals surface area contributed by atoms with Crippen molar-refractivity contribution < 1.29 is 38.1 Å². The Morgan fingerprint density at radius 3 is 2.53 bits per heavy atom. The summed E-state index contributed by atoms with van der Waals surface area (Å²) in [6.45, 7) is 4.37. The van der Waals surface area contributed by atoms with Crippen LogP contribution in [0.1, 0.15) is 32.4 Å². The summed E-state index contributed by atoms with van der Waals surface area (Å²) in [4.78, 5) is 26.3. The van der Waals surface area contributed by atoms with Gasteiger partial charge in [0.05, 0.1) is 12.7 Å². The molecule has 0 spiro atoms. The maximum atomic E-state index is 13.5. The van der Waals surface area contributed by atoms with Gasteiger partial charge in [0.25, 0.3) is 0 Å². The van der Waals surface area contributed by atoms with Crippen LogP contribution in [0.15, 0.2) is 53.5 Å². The molecule has 6 atom stereocenters. The molecule has 0 aliphatic carbocycles. The Morgan fingerprint density at radius 2 is 1.88 bits per heavy atom. The quantitative estimate of drug-likeness (QED) is 0.282. The van der Waals surface area contributed by atoms with Gasteiger partial charge in [0.1, 0.15) is 36.2 Å². The zero-order chi connectivity index (χ0) is 24.9. The Balaban J connectivity index is 1.73. The highest BCUT2D eigenvalue weighted by molar-refractivity contribution is 7.52. The molecule has 34 heavy (non-hydrogen) atoms. The molecular formula is C22H29N2O9P. The number of H-pyrrole nitrogens is 1. The summed E-state index contributed by atoms with van der Waals surface area (Å²) in [5, 5.41) is 23.4. The van der Waals surface area contributed by atoms with Gasteiger partial charge in [-0.25, -0.2) is 4.57 Å². The minimum absolute atomic E-state index is 0.220. The van der Waals surface area contributed by atoms with E-state index in [0.29, 0.717) is 5.56 Å². The van der Waals surface area contributed by atoms with Crippen LogP contribution in [-0.2, 0) is 23.4 Å². The zero-order valence-electron chi connectivity index (χ0n) is 19.0. The summed E-state index contributed by atoms with van der Waals surface area (Å²) in [5.41, 5.74) is -0.0283. The Hall–Kier alpha value is -2.53. The largest absolute Gasteiger partial charge is 0.462 e. The number of hydrogen-bond donors (Lipinski definition) is 4. The van der Waals surface area contributed by atoms with Crippen molar-refractivity contribution in [3.05, 3.63) is 64.6 Å². The molecule has 0 bridgehead atoms. The van der Waals surface area contributed by atoms with Gasteiger partial charge in [-0.05, 0) is 44.5 Å². The van der Waals surface area contributed by atoms with E-state index < -0.39 is 56.3 Å². The molecule has 1 aliphatic heterocycles. The number of aromatic amines is 1. The lowest BCUT2D eigenvalue weighted by Gasteiger charge is -2.25. The lowest BCUT2D eigenvalue weighted by Crippen LogP contribution is -2.38. The molecule has 0 amide bonds. The third-order valence-corrected chi connectivity index (χ3v) is 6.57. The molecular weight excluding hydrogens is 467 g/mol. The zero-order valence-corrected chi connectivity index (χ0v) is 19.9. The van der Waals surface area contributed by atoms with Crippen LogP contribution >= 0.6 is 7.75 Å². The Morgan fingerprint density at radius 1 is 1.18 bits per heavy atom. The van der Waals surface area contributed by atoms with Crippen molar-refractivity contribution in [3.63, 3.8) is 0 Å². The molecule has 0 unspecified atom stereocenters. The number of aliphatic hydroxyl groups excluding tert-OH is 2. The number of nitrogens with one attached hydrogen (secondary N) is 2. The van der Waals surface area contributed by atoms with Crippen molar-refractivity contribution in [2.75, 3.05) is 6.61 Å². The summed E-state index contributed by atoms with van der Waals surface area (Å²) in [6.07, 6.45) is -3.80. The second kappa shape index (κ2) is 11.3. The van der Waals surface area contributed by atoms with E-state index in [1.807, 2.05) is 0 Å². The normalized spacial score (nSPS) is 25.0. The first-order chi connectivity index (χ1) is 16.1. The number of pyridine rings is 1. The fourth-order valence-corrected chi connectivity index (χ4v) is 4.81. The molecule has 11 nitrogen and oxygen atoms in total. The lowest BCUT2D eigenvalue weighted by molar-refractivity contribution is -0.149. The summed E-state index contributed by atoms with van der Waals surface area (Å²) in [7, 11) is -4.17. The van der Waals surface area contributed by atoms with Crippen molar-refractivity contribution in [2.45, 2.75) is 57.3 Å². The van der Waals surface area contributed by atoms with E-state index in [4.69, 9.17) is 18.5 Å². The van der Waals surface area contributed by atoms with Crippen molar-refractivity contribution >= 4 is 13.7 Å². The monoisotopic (exact) mass is 496 g/mol. The maximum absolute atomic E-state index is 13.5. The molecule has 3 rings (SSSR count). The van der Waals surface area contributed by atoms with Gasteiger partial charge in [-0.1, -0.05) is 18.2 Å². The number of hydrogen-bond acceptors (Lipinski definition) is 9. The third kappa shape index (κ3) is 6.75. The van der Waals surface area contributed by atoms with Crippen molar-refractivity contribution in [1.82, 2.24) is 10.1 Å². The number of para-hydroxylation sites is 1. The Labute approximate surface area is 196 Å². The highest BCUT2D eigenvalue weighted by Gasteiger charge is 2.45. The predicted molar refractivity (Wildman–Crippen MR) is 121 cm³/mol. The summed E-state index contributed by atoms with van der Waals surface area (Å²) >= 11 is 0. The maximum Gasteiger partial charge on any atom is 0.459 e. The van der Waals surface area contributed by atoms with E-state index in [-0.39, 0.29) is 11.9 Å².